The van der Waals surface area contributed by atoms with Gasteiger partial charge in [-0.3, -0.25) is 9.59 Å². The largest absolute Gasteiger partial charge is 0.497 e. The minimum atomic E-state index is -0.993. The van der Waals surface area contributed by atoms with Crippen molar-refractivity contribution in [3.05, 3.63) is 90.0 Å². The molecule has 3 aromatic rings. The molecule has 0 radical (unpaired) electrons. The third-order valence-electron chi connectivity index (χ3n) is 7.39. The molecule has 2 atom stereocenters. The summed E-state index contributed by atoms with van der Waals surface area (Å²) in [6.07, 6.45) is 0.556. The van der Waals surface area contributed by atoms with Gasteiger partial charge in [0.05, 0.1) is 25.6 Å². The van der Waals surface area contributed by atoms with Gasteiger partial charge in [-0.05, 0) is 54.4 Å². The number of carbonyl (C=O) groups is 2. The summed E-state index contributed by atoms with van der Waals surface area (Å²) in [6, 6.07) is 24.8. The van der Waals surface area contributed by atoms with Crippen LogP contribution in [-0.2, 0) is 9.59 Å². The maximum absolute atomic E-state index is 14.5. The summed E-state index contributed by atoms with van der Waals surface area (Å²) in [7, 11) is 3.24. The summed E-state index contributed by atoms with van der Waals surface area (Å²) in [5.74, 6) is 0.779. The minimum absolute atomic E-state index is 0.102. The number of methoxy groups -OCH3 is 2. The van der Waals surface area contributed by atoms with Gasteiger partial charge in [0, 0.05) is 24.7 Å². The predicted molar refractivity (Wildman–Crippen MR) is 135 cm³/mol. The second kappa shape index (κ2) is 9.02. The van der Waals surface area contributed by atoms with E-state index in [-0.39, 0.29) is 36.4 Å². The second-order valence-electron chi connectivity index (χ2n) is 9.11. The molecule has 1 saturated carbocycles. The van der Waals surface area contributed by atoms with E-state index in [1.165, 1.54) is 5.01 Å². The Kier molecular flexibility index (Phi) is 5.89. The molecule has 6 heteroatoms. The van der Waals surface area contributed by atoms with Crippen LogP contribution in [0.15, 0.2) is 84.0 Å². The first-order chi connectivity index (χ1) is 17.0. The van der Waals surface area contributed by atoms with Crippen molar-refractivity contribution < 1.29 is 19.1 Å². The van der Waals surface area contributed by atoms with E-state index in [0.29, 0.717) is 5.69 Å². The van der Waals surface area contributed by atoms with Crippen LogP contribution in [0.25, 0.3) is 0 Å². The molecule has 1 aliphatic carbocycles. The van der Waals surface area contributed by atoms with Crippen LogP contribution in [0.2, 0.25) is 0 Å². The van der Waals surface area contributed by atoms with Crippen LogP contribution in [0.1, 0.15) is 42.7 Å². The zero-order chi connectivity index (χ0) is 24.6. The summed E-state index contributed by atoms with van der Waals surface area (Å²) >= 11 is 0. The molecule has 35 heavy (non-hydrogen) atoms. The molecule has 2 aliphatic rings. The third kappa shape index (κ3) is 3.70. The Morgan fingerprint density at radius 2 is 1.26 bits per heavy atom. The Bertz CT molecular complexity index is 1210. The quantitative estimate of drug-likeness (QED) is 0.507. The highest BCUT2D eigenvalue weighted by atomic mass is 16.5. The average Bonchev–Trinajstić information content (AvgIpc) is 3.16. The van der Waals surface area contributed by atoms with Gasteiger partial charge in [0.25, 0.3) is 5.91 Å². The Morgan fingerprint density at radius 1 is 0.771 bits per heavy atom. The van der Waals surface area contributed by atoms with E-state index >= 15 is 0 Å². The van der Waals surface area contributed by atoms with E-state index in [2.05, 4.69) is 0 Å². The van der Waals surface area contributed by atoms with Crippen LogP contribution < -0.4 is 14.5 Å². The SMILES string of the molecule is COc1ccc([C@@H]2CC(=O)C[C@@H](c3ccc(OC)cc3)C23C(=O)N(c2ccccc2)N=C3C)cc1. The summed E-state index contributed by atoms with van der Waals surface area (Å²) in [5.41, 5.74) is 2.30. The highest BCUT2D eigenvalue weighted by Gasteiger charge is 2.62. The molecule has 3 aromatic carbocycles. The predicted octanol–water partition coefficient (Wildman–Crippen LogP) is 5.34. The van der Waals surface area contributed by atoms with Gasteiger partial charge in [-0.15, -0.1) is 0 Å². The summed E-state index contributed by atoms with van der Waals surface area (Å²) < 4.78 is 10.7. The maximum Gasteiger partial charge on any atom is 0.260 e. The number of hydrogen-bond acceptors (Lipinski definition) is 5. The molecule has 6 nitrogen and oxygen atoms in total. The first-order valence-corrected chi connectivity index (χ1v) is 11.7. The van der Waals surface area contributed by atoms with Crippen molar-refractivity contribution in [1.82, 2.24) is 0 Å². The first-order valence-electron chi connectivity index (χ1n) is 11.7. The van der Waals surface area contributed by atoms with Crippen molar-refractivity contribution in [3.63, 3.8) is 0 Å². The van der Waals surface area contributed by atoms with E-state index in [0.717, 1.165) is 28.3 Å². The van der Waals surface area contributed by atoms with E-state index in [1.54, 1.807) is 14.2 Å². The minimum Gasteiger partial charge on any atom is -0.497 e. The summed E-state index contributed by atoms with van der Waals surface area (Å²) in [4.78, 5) is 27.6. The Hall–Kier alpha value is -3.93. The Balaban J connectivity index is 1.69. The lowest BCUT2D eigenvalue weighted by Crippen LogP contribution is -2.52. The lowest BCUT2D eigenvalue weighted by molar-refractivity contribution is -0.131. The Morgan fingerprint density at radius 3 is 1.71 bits per heavy atom. The molecule has 1 aliphatic heterocycles. The molecule has 0 bridgehead atoms. The number of nitrogens with zero attached hydrogens (tertiary/aromatic N) is 2. The second-order valence-corrected chi connectivity index (χ2v) is 9.11. The molecule has 0 N–H and O–H groups in total. The average molecular weight is 469 g/mol. The standard InChI is InChI=1S/C29H28N2O4/c1-19-29(28(33)31(30-19)22-7-5-4-6-8-22)26(20-9-13-24(34-2)14-10-20)17-23(32)18-27(29)21-11-15-25(35-3)16-12-21/h4-16,26-27H,17-18H2,1-3H3/t26-,27-/m0/s1. The molecule has 0 aromatic heterocycles. The van der Waals surface area contributed by atoms with Gasteiger partial charge < -0.3 is 9.47 Å². The molecule has 1 fully saturated rings. The molecule has 1 amide bonds. The summed E-state index contributed by atoms with van der Waals surface area (Å²) in [6.45, 7) is 1.92. The number of ether oxygens (including phenoxy) is 2. The fraction of sp³-hybridized carbons (Fsp3) is 0.276. The number of rotatable bonds is 5. The monoisotopic (exact) mass is 468 g/mol. The van der Waals surface area contributed by atoms with E-state index < -0.39 is 5.41 Å². The molecular formula is C29H28N2O4. The number of ketones is 1. The number of benzene rings is 3. The number of carbonyl (C=O) groups excluding carboxylic acids is 2. The van der Waals surface area contributed by atoms with E-state index in [9.17, 15) is 9.59 Å². The van der Waals surface area contributed by atoms with Crippen molar-refractivity contribution in [3.8, 4) is 11.5 Å². The zero-order valence-electron chi connectivity index (χ0n) is 20.1. The molecule has 0 unspecified atom stereocenters. The van der Waals surface area contributed by atoms with Crippen LogP contribution in [0.4, 0.5) is 5.69 Å². The highest BCUT2D eigenvalue weighted by Crippen LogP contribution is 2.58. The number of para-hydroxylation sites is 1. The molecule has 0 saturated heterocycles. The van der Waals surface area contributed by atoms with Crippen LogP contribution in [0, 0.1) is 5.41 Å². The molecule has 178 valence electrons. The number of anilines is 1. The van der Waals surface area contributed by atoms with Gasteiger partial charge in [-0.2, -0.15) is 10.1 Å². The molecular weight excluding hydrogens is 440 g/mol. The van der Waals surface area contributed by atoms with Crippen LogP contribution in [0.3, 0.4) is 0 Å². The smallest absolute Gasteiger partial charge is 0.260 e. The number of hydrogen-bond donors (Lipinski definition) is 0. The van der Waals surface area contributed by atoms with Crippen molar-refractivity contribution in [1.29, 1.82) is 0 Å². The lowest BCUT2D eigenvalue weighted by Gasteiger charge is -2.46. The van der Waals surface area contributed by atoms with Gasteiger partial charge in [0.2, 0.25) is 0 Å². The number of Topliss-reactive ketones (excluding diaryl/α,β-unsaturated/α-hetero) is 1. The molecule has 1 spiro atoms. The number of amides is 1. The number of hydrazone groups is 1. The summed E-state index contributed by atoms with van der Waals surface area (Å²) in [5, 5.41) is 6.31. The van der Waals surface area contributed by atoms with E-state index in [1.807, 2.05) is 85.8 Å². The van der Waals surface area contributed by atoms with Gasteiger partial charge >= 0.3 is 0 Å². The highest BCUT2D eigenvalue weighted by molar-refractivity contribution is 6.21. The fourth-order valence-corrected chi connectivity index (χ4v) is 5.69. The van der Waals surface area contributed by atoms with Crippen LogP contribution >= 0.6 is 0 Å². The van der Waals surface area contributed by atoms with Gasteiger partial charge in [0.1, 0.15) is 22.7 Å². The van der Waals surface area contributed by atoms with Crippen molar-refractivity contribution >= 4 is 23.1 Å². The van der Waals surface area contributed by atoms with Crippen molar-refractivity contribution in [2.45, 2.75) is 31.6 Å². The molecule has 1 heterocycles. The topological polar surface area (TPSA) is 68.2 Å². The normalized spacial score (nSPS) is 21.2. The van der Waals surface area contributed by atoms with Crippen molar-refractivity contribution in [2.24, 2.45) is 10.5 Å². The first kappa shape index (κ1) is 22.8. The Labute approximate surface area is 205 Å². The lowest BCUT2D eigenvalue weighted by atomic mass is 9.54. The van der Waals surface area contributed by atoms with Gasteiger partial charge in [-0.1, -0.05) is 42.5 Å². The van der Waals surface area contributed by atoms with E-state index in [4.69, 9.17) is 14.6 Å². The van der Waals surface area contributed by atoms with Crippen molar-refractivity contribution in [2.75, 3.05) is 19.2 Å². The van der Waals surface area contributed by atoms with Crippen LogP contribution in [0.5, 0.6) is 11.5 Å². The van der Waals surface area contributed by atoms with Crippen LogP contribution in [-0.4, -0.2) is 31.6 Å². The third-order valence-corrected chi connectivity index (χ3v) is 7.39. The fourth-order valence-electron chi connectivity index (χ4n) is 5.69. The maximum atomic E-state index is 14.5. The molecule has 5 rings (SSSR count). The van der Waals surface area contributed by atoms with Gasteiger partial charge in [0.15, 0.2) is 0 Å². The zero-order valence-corrected chi connectivity index (χ0v) is 20.1. The van der Waals surface area contributed by atoms with Gasteiger partial charge in [-0.25, -0.2) is 0 Å².